The van der Waals surface area contributed by atoms with Crippen LogP contribution in [0.1, 0.15) is 38.8 Å². The summed E-state index contributed by atoms with van der Waals surface area (Å²) >= 11 is 6.25. The lowest BCUT2D eigenvalue weighted by atomic mass is 10.0. The van der Waals surface area contributed by atoms with Gasteiger partial charge in [0.1, 0.15) is 12.2 Å². The number of carbonyl (C=O) groups is 2. The molecular formula is C21H19ClN2O5S. The van der Waals surface area contributed by atoms with Crippen molar-refractivity contribution in [3.63, 3.8) is 0 Å². The molecule has 9 heteroatoms. The summed E-state index contributed by atoms with van der Waals surface area (Å²) < 4.78 is 31.2. The molecule has 1 aromatic heterocycles. The number of ketones is 1. The van der Waals surface area contributed by atoms with E-state index in [0.29, 0.717) is 12.8 Å². The molecule has 3 aromatic rings. The summed E-state index contributed by atoms with van der Waals surface area (Å²) in [5.41, 5.74) is 0.822. The summed E-state index contributed by atoms with van der Waals surface area (Å²) in [6.45, 7) is 2.56. The highest BCUT2D eigenvalue weighted by Gasteiger charge is 2.26. The summed E-state index contributed by atoms with van der Waals surface area (Å²) in [7, 11) is -3.69. The molecule has 0 N–H and O–H groups in total. The number of aryl methyl sites for hydroxylation is 1. The van der Waals surface area contributed by atoms with E-state index in [1.165, 1.54) is 23.0 Å². The van der Waals surface area contributed by atoms with Gasteiger partial charge in [-0.15, -0.1) is 0 Å². The maximum atomic E-state index is 13.2. The molecule has 0 fully saturated rings. The summed E-state index contributed by atoms with van der Waals surface area (Å²) in [6, 6.07) is 11.9. The smallest absolute Gasteiger partial charge is 0.223 e. The van der Waals surface area contributed by atoms with Crippen molar-refractivity contribution in [3.05, 3.63) is 75.9 Å². The Bertz CT molecular complexity index is 1200. The molecule has 156 valence electrons. The Morgan fingerprint density at radius 3 is 2.47 bits per heavy atom. The quantitative estimate of drug-likeness (QED) is 0.387. The molecule has 0 atom stereocenters. The van der Waals surface area contributed by atoms with Gasteiger partial charge in [0.2, 0.25) is 11.7 Å². The first-order valence-electron chi connectivity index (χ1n) is 9.02. The minimum Gasteiger partial charge on any atom is -0.472 e. The van der Waals surface area contributed by atoms with Crippen molar-refractivity contribution in [2.45, 2.75) is 25.0 Å². The van der Waals surface area contributed by atoms with Gasteiger partial charge in [-0.05, 0) is 24.6 Å². The van der Waals surface area contributed by atoms with E-state index in [1.54, 1.807) is 0 Å². The highest BCUT2D eigenvalue weighted by Crippen LogP contribution is 2.31. The number of hydrogen-bond donors (Lipinski definition) is 0. The fourth-order valence-electron chi connectivity index (χ4n) is 2.96. The number of aromatic nitrogens is 2. The minimum absolute atomic E-state index is 0.00798. The van der Waals surface area contributed by atoms with Crippen LogP contribution >= 0.6 is 11.6 Å². The summed E-state index contributed by atoms with van der Waals surface area (Å²) in [5.74, 6) is -0.256. The maximum Gasteiger partial charge on any atom is 0.223 e. The second-order valence-electron chi connectivity index (χ2n) is 6.51. The predicted molar refractivity (Wildman–Crippen MR) is 112 cm³/mol. The molecule has 0 saturated carbocycles. The van der Waals surface area contributed by atoms with E-state index in [-0.39, 0.29) is 39.1 Å². The highest BCUT2D eigenvalue weighted by molar-refractivity contribution is 7.90. The lowest BCUT2D eigenvalue weighted by molar-refractivity contribution is 0.103. The topological polar surface area (TPSA) is 95.3 Å². The third kappa shape index (κ3) is 4.29. The first-order valence-corrected chi connectivity index (χ1v) is 11.3. The number of benzene rings is 2. The molecule has 0 saturated heterocycles. The molecule has 1 heterocycles. The largest absolute Gasteiger partial charge is 0.472 e. The molecule has 30 heavy (non-hydrogen) atoms. The van der Waals surface area contributed by atoms with Crippen LogP contribution in [0.3, 0.4) is 0 Å². The van der Waals surface area contributed by atoms with Gasteiger partial charge in [0.05, 0.1) is 21.7 Å². The van der Waals surface area contributed by atoms with Crippen molar-refractivity contribution in [2.75, 3.05) is 6.26 Å². The summed E-state index contributed by atoms with van der Waals surface area (Å²) in [5, 5.41) is 3.96. The number of sulfone groups is 1. The second kappa shape index (κ2) is 8.81. The zero-order chi connectivity index (χ0) is 21.9. The van der Waals surface area contributed by atoms with Crippen LogP contribution in [0.25, 0.3) is 0 Å². The van der Waals surface area contributed by atoms with E-state index >= 15 is 0 Å². The Kier molecular flexibility index (Phi) is 6.38. The van der Waals surface area contributed by atoms with Crippen molar-refractivity contribution in [1.29, 1.82) is 0 Å². The normalized spacial score (nSPS) is 11.3. The molecular weight excluding hydrogens is 428 g/mol. The van der Waals surface area contributed by atoms with Crippen LogP contribution in [0.15, 0.2) is 53.6 Å². The fourth-order valence-corrected chi connectivity index (χ4v) is 4.18. The van der Waals surface area contributed by atoms with Crippen molar-refractivity contribution in [2.24, 2.45) is 0 Å². The van der Waals surface area contributed by atoms with Gasteiger partial charge in [-0.1, -0.05) is 41.9 Å². The van der Waals surface area contributed by atoms with Crippen molar-refractivity contribution in [3.8, 4) is 5.88 Å². The van der Waals surface area contributed by atoms with Crippen LogP contribution < -0.4 is 4.74 Å². The fraction of sp³-hybridized carbons (Fsp3) is 0.190. The molecule has 3 rings (SSSR count). The lowest BCUT2D eigenvalue weighted by Crippen LogP contribution is -2.10. The average molecular weight is 447 g/mol. The zero-order valence-electron chi connectivity index (χ0n) is 16.3. The molecule has 0 aliphatic heterocycles. The second-order valence-corrected chi connectivity index (χ2v) is 8.87. The molecule has 0 amide bonds. The van der Waals surface area contributed by atoms with Gasteiger partial charge < -0.3 is 4.74 Å². The van der Waals surface area contributed by atoms with Crippen LogP contribution in [0.5, 0.6) is 5.88 Å². The van der Waals surface area contributed by atoms with Crippen molar-refractivity contribution < 1.29 is 22.7 Å². The molecule has 0 aliphatic rings. The van der Waals surface area contributed by atoms with Gasteiger partial charge in [0.15, 0.2) is 16.1 Å². The average Bonchev–Trinajstić information content (AvgIpc) is 3.14. The van der Waals surface area contributed by atoms with Gasteiger partial charge in [0, 0.05) is 18.4 Å². The number of ether oxygens (including phenoxy) is 1. The van der Waals surface area contributed by atoms with Gasteiger partial charge in [-0.2, -0.15) is 5.10 Å². The van der Waals surface area contributed by atoms with Crippen molar-refractivity contribution >= 4 is 33.5 Å². The first kappa shape index (κ1) is 21.7. The van der Waals surface area contributed by atoms with Crippen LogP contribution in [0.2, 0.25) is 5.02 Å². The molecule has 2 aromatic carbocycles. The third-order valence-corrected chi connectivity index (χ3v) is 6.02. The van der Waals surface area contributed by atoms with Crippen LogP contribution in [0.4, 0.5) is 0 Å². The third-order valence-electron chi connectivity index (χ3n) is 4.46. The van der Waals surface area contributed by atoms with Gasteiger partial charge >= 0.3 is 0 Å². The predicted octanol–water partition coefficient (Wildman–Crippen LogP) is 3.58. The number of aldehydes is 1. The molecule has 0 spiro atoms. The monoisotopic (exact) mass is 446 g/mol. The molecule has 0 aliphatic carbocycles. The number of halogens is 1. The van der Waals surface area contributed by atoms with Crippen LogP contribution in [-0.4, -0.2) is 36.5 Å². The Labute approximate surface area is 179 Å². The number of hydrogen-bond acceptors (Lipinski definition) is 6. The maximum absolute atomic E-state index is 13.2. The highest BCUT2D eigenvalue weighted by atomic mass is 35.5. The Balaban J connectivity index is 2.02. The van der Waals surface area contributed by atoms with E-state index in [0.717, 1.165) is 11.8 Å². The molecule has 0 radical (unpaired) electrons. The van der Waals surface area contributed by atoms with E-state index in [9.17, 15) is 18.0 Å². The number of nitrogens with zero attached hydrogens (tertiary/aromatic N) is 2. The van der Waals surface area contributed by atoms with Gasteiger partial charge in [-0.3, -0.25) is 9.59 Å². The Morgan fingerprint density at radius 2 is 1.87 bits per heavy atom. The van der Waals surface area contributed by atoms with E-state index in [1.807, 2.05) is 37.3 Å². The first-order chi connectivity index (χ1) is 14.3. The van der Waals surface area contributed by atoms with Crippen molar-refractivity contribution in [1.82, 2.24) is 9.78 Å². The zero-order valence-corrected chi connectivity index (χ0v) is 17.9. The Hall–Kier alpha value is -2.97. The number of carbonyl (C=O) groups excluding carboxylic acids is 2. The SMILES string of the molecule is CCn1ncc(C(=O)c2ccc(S(C)(=O)=O)c(C=O)c2Cl)c1OCc1ccccc1. The Morgan fingerprint density at radius 1 is 1.17 bits per heavy atom. The van der Waals surface area contributed by atoms with Crippen LogP contribution in [-0.2, 0) is 23.0 Å². The van der Waals surface area contributed by atoms with Gasteiger partial charge in [-0.25, -0.2) is 13.1 Å². The van der Waals surface area contributed by atoms with Crippen LogP contribution in [0, 0.1) is 0 Å². The van der Waals surface area contributed by atoms with E-state index in [2.05, 4.69) is 5.10 Å². The number of rotatable bonds is 8. The van der Waals surface area contributed by atoms with E-state index in [4.69, 9.17) is 16.3 Å². The molecule has 0 unspecified atom stereocenters. The lowest BCUT2D eigenvalue weighted by Gasteiger charge is -2.12. The summed E-state index contributed by atoms with van der Waals surface area (Å²) in [6.07, 6.45) is 2.67. The summed E-state index contributed by atoms with van der Waals surface area (Å²) in [4.78, 5) is 24.4. The van der Waals surface area contributed by atoms with E-state index < -0.39 is 15.6 Å². The molecule has 7 nitrogen and oxygen atoms in total. The van der Waals surface area contributed by atoms with Gasteiger partial charge in [0.25, 0.3) is 0 Å². The molecule has 0 bridgehead atoms. The standard InChI is InChI=1S/C21H19ClN2O5S/c1-3-24-21(29-13-14-7-5-4-6-8-14)16(11-23-24)20(26)15-9-10-18(30(2,27)28)17(12-25)19(15)22/h4-12H,3,13H2,1-2H3. The minimum atomic E-state index is -3.69.